The monoisotopic (exact) mass is 211 g/mol. The third kappa shape index (κ3) is 7.88. The van der Waals surface area contributed by atoms with Crippen LogP contribution in [0.1, 0.15) is 79.6 Å². The van der Waals surface area contributed by atoms with Crippen molar-refractivity contribution in [3.05, 3.63) is 6.92 Å². The quantitative estimate of drug-likeness (QED) is 0.488. The van der Waals surface area contributed by atoms with Crippen molar-refractivity contribution >= 4 is 0 Å². The van der Waals surface area contributed by atoms with Crippen LogP contribution < -0.4 is 0 Å². The highest BCUT2D eigenvalue weighted by Crippen LogP contribution is 2.33. The molecule has 91 valence electrons. The molecule has 0 aliphatic heterocycles. The van der Waals surface area contributed by atoms with Gasteiger partial charge in [0.25, 0.3) is 0 Å². The van der Waals surface area contributed by atoms with Crippen LogP contribution in [0.3, 0.4) is 0 Å². The average molecular weight is 211 g/mol. The Morgan fingerprint density at radius 3 is 1.73 bits per heavy atom. The second-order valence-corrected chi connectivity index (χ2v) is 6.54. The van der Waals surface area contributed by atoms with Crippen molar-refractivity contribution in [2.45, 2.75) is 79.6 Å². The van der Waals surface area contributed by atoms with E-state index >= 15 is 0 Å². The van der Waals surface area contributed by atoms with Gasteiger partial charge in [0.2, 0.25) is 0 Å². The van der Waals surface area contributed by atoms with Gasteiger partial charge in [-0.25, -0.2) is 0 Å². The summed E-state index contributed by atoms with van der Waals surface area (Å²) in [5.41, 5.74) is 0.994. The predicted octanol–water partition coefficient (Wildman–Crippen LogP) is 5.62. The van der Waals surface area contributed by atoms with Gasteiger partial charge in [-0.15, -0.1) is 0 Å². The summed E-state index contributed by atoms with van der Waals surface area (Å²) in [6.07, 6.45) is 9.21. The van der Waals surface area contributed by atoms with Crippen molar-refractivity contribution in [1.82, 2.24) is 0 Å². The van der Waals surface area contributed by atoms with Crippen LogP contribution in [0.2, 0.25) is 0 Å². The maximum absolute atomic E-state index is 4.02. The van der Waals surface area contributed by atoms with Crippen LogP contribution in [0, 0.1) is 17.8 Å². The molecular weight excluding hydrogens is 180 g/mol. The molecule has 0 aromatic rings. The molecule has 0 saturated heterocycles. The first-order chi connectivity index (χ1) is 6.83. The summed E-state index contributed by atoms with van der Waals surface area (Å²) in [4.78, 5) is 0. The van der Waals surface area contributed by atoms with E-state index < -0.39 is 0 Å². The Labute approximate surface area is 97.8 Å². The Bertz CT molecular complexity index is 153. The van der Waals surface area contributed by atoms with Crippen LogP contribution in [0.5, 0.6) is 0 Å². The number of hydrogen-bond donors (Lipinski definition) is 0. The van der Waals surface area contributed by atoms with E-state index in [-0.39, 0.29) is 0 Å². The molecule has 0 spiro atoms. The van der Waals surface area contributed by atoms with Crippen LogP contribution in [0.25, 0.3) is 0 Å². The Hall–Kier alpha value is 0. The zero-order chi connectivity index (χ0) is 11.9. The summed E-state index contributed by atoms with van der Waals surface area (Å²) < 4.78 is 0. The van der Waals surface area contributed by atoms with E-state index in [1.54, 1.807) is 0 Å². The van der Waals surface area contributed by atoms with E-state index in [4.69, 9.17) is 0 Å². The summed E-state index contributed by atoms with van der Waals surface area (Å²) in [5.74, 6) is 0. The average Bonchev–Trinajstić information content (AvgIpc) is 2.14. The minimum Gasteiger partial charge on any atom is -0.0654 e. The Morgan fingerprint density at radius 2 is 1.27 bits per heavy atom. The molecule has 0 fully saturated rings. The fourth-order valence-corrected chi connectivity index (χ4v) is 1.95. The molecule has 0 heterocycles. The highest BCUT2D eigenvalue weighted by molar-refractivity contribution is 4.73. The van der Waals surface area contributed by atoms with Crippen LogP contribution in [-0.4, -0.2) is 0 Å². The molecule has 0 aliphatic rings. The van der Waals surface area contributed by atoms with E-state index in [0.29, 0.717) is 10.8 Å². The van der Waals surface area contributed by atoms with Crippen LogP contribution in [-0.2, 0) is 0 Å². The summed E-state index contributed by atoms with van der Waals surface area (Å²) in [5, 5.41) is 0. The molecule has 0 N–H and O–H groups in total. The zero-order valence-electron chi connectivity index (χ0n) is 11.7. The van der Waals surface area contributed by atoms with E-state index in [0.717, 1.165) is 6.42 Å². The molecule has 1 radical (unpaired) electrons. The molecule has 0 saturated carbocycles. The minimum absolute atomic E-state index is 0.445. The van der Waals surface area contributed by atoms with Gasteiger partial charge in [0.1, 0.15) is 0 Å². The zero-order valence-corrected chi connectivity index (χ0v) is 11.7. The minimum atomic E-state index is 0.445. The van der Waals surface area contributed by atoms with Gasteiger partial charge in [-0.2, -0.15) is 0 Å². The highest BCUT2D eigenvalue weighted by Gasteiger charge is 2.20. The lowest BCUT2D eigenvalue weighted by atomic mass is 9.78. The van der Waals surface area contributed by atoms with Gasteiger partial charge in [0.05, 0.1) is 0 Å². The van der Waals surface area contributed by atoms with Crippen LogP contribution in [0.15, 0.2) is 0 Å². The maximum atomic E-state index is 4.02. The fourth-order valence-electron chi connectivity index (χ4n) is 1.95. The Kier molecular flexibility index (Phi) is 6.55. The van der Waals surface area contributed by atoms with Crippen molar-refractivity contribution in [2.75, 3.05) is 0 Å². The standard InChI is InChI=1S/C15H31/c1-7-9-11-15(5,6)13-10-12-14(3,4)8-2/h2,7-13H2,1,3-6H3. The van der Waals surface area contributed by atoms with Crippen molar-refractivity contribution in [2.24, 2.45) is 10.8 Å². The van der Waals surface area contributed by atoms with Crippen molar-refractivity contribution < 1.29 is 0 Å². The Balaban J connectivity index is 3.74. The molecule has 0 rings (SSSR count). The second kappa shape index (κ2) is 6.55. The molecular formula is C15H31. The van der Waals surface area contributed by atoms with E-state index in [9.17, 15) is 0 Å². The lowest BCUT2D eigenvalue weighted by Crippen LogP contribution is -2.14. The lowest BCUT2D eigenvalue weighted by molar-refractivity contribution is 0.250. The van der Waals surface area contributed by atoms with Crippen LogP contribution in [0.4, 0.5) is 0 Å². The summed E-state index contributed by atoms with van der Waals surface area (Å²) in [7, 11) is 0. The van der Waals surface area contributed by atoms with Gasteiger partial charge in [-0.1, -0.05) is 60.8 Å². The smallest absolute Gasteiger partial charge is 0.0354 e. The van der Waals surface area contributed by atoms with Gasteiger partial charge in [0, 0.05) is 0 Å². The van der Waals surface area contributed by atoms with Gasteiger partial charge in [-0.05, 0) is 36.5 Å². The molecule has 0 aliphatic carbocycles. The Morgan fingerprint density at radius 1 is 0.800 bits per heavy atom. The predicted molar refractivity (Wildman–Crippen MR) is 70.9 cm³/mol. The summed E-state index contributed by atoms with van der Waals surface area (Å²) >= 11 is 0. The van der Waals surface area contributed by atoms with E-state index in [1.165, 1.54) is 38.5 Å². The molecule has 0 heteroatoms. The van der Waals surface area contributed by atoms with Gasteiger partial charge in [0.15, 0.2) is 0 Å². The largest absolute Gasteiger partial charge is 0.0654 e. The van der Waals surface area contributed by atoms with Gasteiger partial charge >= 0.3 is 0 Å². The molecule has 0 bridgehead atoms. The molecule has 0 aromatic heterocycles. The summed E-state index contributed by atoms with van der Waals surface area (Å²) in [6, 6.07) is 0. The number of rotatable bonds is 8. The SMILES string of the molecule is [CH2]CC(C)(C)CCCC(C)(C)CCCC. The van der Waals surface area contributed by atoms with Crippen molar-refractivity contribution in [3.8, 4) is 0 Å². The normalized spacial score (nSPS) is 13.2. The molecule has 15 heavy (non-hydrogen) atoms. The first kappa shape index (κ1) is 15.0. The van der Waals surface area contributed by atoms with Gasteiger partial charge < -0.3 is 0 Å². The molecule has 0 nitrogen and oxygen atoms in total. The third-order valence-electron chi connectivity index (χ3n) is 3.59. The number of hydrogen-bond acceptors (Lipinski definition) is 0. The van der Waals surface area contributed by atoms with Crippen LogP contribution >= 0.6 is 0 Å². The molecule has 0 unspecified atom stereocenters. The van der Waals surface area contributed by atoms with Crippen molar-refractivity contribution in [3.63, 3.8) is 0 Å². The number of unbranched alkanes of at least 4 members (excludes halogenated alkanes) is 1. The summed E-state index contributed by atoms with van der Waals surface area (Å²) in [6.45, 7) is 15.8. The first-order valence-electron chi connectivity index (χ1n) is 6.62. The first-order valence-corrected chi connectivity index (χ1v) is 6.62. The molecule has 0 amide bonds. The fraction of sp³-hybridized carbons (Fsp3) is 0.933. The van der Waals surface area contributed by atoms with Gasteiger partial charge in [-0.3, -0.25) is 0 Å². The van der Waals surface area contributed by atoms with E-state index in [1.807, 2.05) is 0 Å². The molecule has 0 atom stereocenters. The molecule has 0 aromatic carbocycles. The third-order valence-corrected chi connectivity index (χ3v) is 3.59. The maximum Gasteiger partial charge on any atom is -0.0354 e. The lowest BCUT2D eigenvalue weighted by Gasteiger charge is -2.28. The topological polar surface area (TPSA) is 0 Å². The van der Waals surface area contributed by atoms with E-state index in [2.05, 4.69) is 41.5 Å². The van der Waals surface area contributed by atoms with Crippen molar-refractivity contribution in [1.29, 1.82) is 0 Å². The highest BCUT2D eigenvalue weighted by atomic mass is 14.3. The second-order valence-electron chi connectivity index (χ2n) is 6.54.